The number of carbonyl (C=O) groups is 1. The molecular formula is C16H11ClN2O3. The molecule has 0 spiro atoms. The highest BCUT2D eigenvalue weighted by molar-refractivity contribution is 6.34. The molecule has 110 valence electrons. The topological polar surface area (TPSA) is 82.2 Å². The van der Waals surface area contributed by atoms with Gasteiger partial charge in [-0.3, -0.25) is 9.59 Å². The highest BCUT2D eigenvalue weighted by atomic mass is 35.5. The molecule has 1 amide bonds. The van der Waals surface area contributed by atoms with Gasteiger partial charge in [0.25, 0.3) is 11.5 Å². The Bertz CT molecular complexity index is 934. The predicted octanol–water partition coefficient (Wildman–Crippen LogP) is 3.14. The zero-order valence-electron chi connectivity index (χ0n) is 11.3. The fraction of sp³-hybridized carbons (Fsp3) is 0. The molecule has 0 fully saturated rings. The summed E-state index contributed by atoms with van der Waals surface area (Å²) in [7, 11) is 0. The summed E-state index contributed by atoms with van der Waals surface area (Å²) in [6.07, 6.45) is 0. The van der Waals surface area contributed by atoms with Gasteiger partial charge in [-0.05, 0) is 24.3 Å². The Morgan fingerprint density at radius 1 is 1.09 bits per heavy atom. The van der Waals surface area contributed by atoms with E-state index < -0.39 is 11.5 Å². The first kappa shape index (κ1) is 14.2. The van der Waals surface area contributed by atoms with Crippen LogP contribution in [0.2, 0.25) is 5.02 Å². The molecule has 0 aliphatic rings. The fourth-order valence-corrected chi connectivity index (χ4v) is 2.39. The van der Waals surface area contributed by atoms with Crippen LogP contribution in [0.3, 0.4) is 0 Å². The molecule has 0 unspecified atom stereocenters. The van der Waals surface area contributed by atoms with Gasteiger partial charge in [-0.2, -0.15) is 0 Å². The standard InChI is InChI=1S/C16H11ClN2O3/c17-11-7-3-1-5-9(11)15(21)19-13-14(20)10-6-2-4-8-12(10)18-16(13)22/h1-8H,(H,19,21)(H2,18,20,22). The number of carbonyl (C=O) groups excluding carboxylic acids is 1. The van der Waals surface area contributed by atoms with Gasteiger partial charge in [0, 0.05) is 5.39 Å². The van der Waals surface area contributed by atoms with Gasteiger partial charge < -0.3 is 15.4 Å². The Hall–Kier alpha value is -2.79. The minimum Gasteiger partial charge on any atom is -0.505 e. The van der Waals surface area contributed by atoms with Crippen LogP contribution in [-0.2, 0) is 0 Å². The SMILES string of the molecule is O=C(Nc1c(O)c2ccccc2[nH]c1=O)c1ccccc1Cl. The third-order valence-electron chi connectivity index (χ3n) is 3.25. The Balaban J connectivity index is 2.06. The summed E-state index contributed by atoms with van der Waals surface area (Å²) in [6.45, 7) is 0. The summed E-state index contributed by atoms with van der Waals surface area (Å²) in [5.74, 6) is -0.846. The van der Waals surface area contributed by atoms with Crippen molar-refractivity contribution in [2.45, 2.75) is 0 Å². The van der Waals surface area contributed by atoms with E-state index in [0.717, 1.165) is 0 Å². The molecule has 0 saturated heterocycles. The number of hydrogen-bond acceptors (Lipinski definition) is 3. The third kappa shape index (κ3) is 2.42. The van der Waals surface area contributed by atoms with E-state index in [1.807, 2.05) is 0 Å². The maximum atomic E-state index is 12.2. The van der Waals surface area contributed by atoms with E-state index in [1.54, 1.807) is 42.5 Å². The number of nitrogens with one attached hydrogen (secondary N) is 2. The minimum atomic E-state index is -0.586. The average molecular weight is 315 g/mol. The van der Waals surface area contributed by atoms with Gasteiger partial charge in [-0.15, -0.1) is 0 Å². The number of pyridine rings is 1. The third-order valence-corrected chi connectivity index (χ3v) is 3.58. The normalized spacial score (nSPS) is 10.6. The number of aromatic amines is 1. The van der Waals surface area contributed by atoms with Crippen molar-refractivity contribution < 1.29 is 9.90 Å². The number of rotatable bonds is 2. The minimum absolute atomic E-state index is 0.205. The van der Waals surface area contributed by atoms with Crippen LogP contribution >= 0.6 is 11.6 Å². The molecule has 1 aromatic heterocycles. The number of H-pyrrole nitrogens is 1. The molecule has 0 saturated carbocycles. The summed E-state index contributed by atoms with van der Waals surface area (Å²) in [4.78, 5) is 26.9. The van der Waals surface area contributed by atoms with Crippen molar-refractivity contribution in [3.8, 4) is 5.75 Å². The van der Waals surface area contributed by atoms with Gasteiger partial charge in [0.05, 0.1) is 16.1 Å². The first-order chi connectivity index (χ1) is 10.6. The molecule has 3 N–H and O–H groups in total. The van der Waals surface area contributed by atoms with E-state index in [1.165, 1.54) is 6.07 Å². The van der Waals surface area contributed by atoms with Gasteiger partial charge in [0.15, 0.2) is 11.4 Å². The van der Waals surface area contributed by atoms with Crippen molar-refractivity contribution in [3.63, 3.8) is 0 Å². The van der Waals surface area contributed by atoms with Gasteiger partial charge >= 0.3 is 0 Å². The average Bonchev–Trinajstić information content (AvgIpc) is 2.51. The molecule has 3 aromatic rings. The lowest BCUT2D eigenvalue weighted by Gasteiger charge is -2.09. The van der Waals surface area contributed by atoms with Crippen LogP contribution in [0.25, 0.3) is 10.9 Å². The number of benzene rings is 2. The van der Waals surface area contributed by atoms with Crippen molar-refractivity contribution in [2.75, 3.05) is 5.32 Å². The van der Waals surface area contributed by atoms with Gasteiger partial charge in [0.2, 0.25) is 0 Å². The van der Waals surface area contributed by atoms with Crippen molar-refractivity contribution in [3.05, 3.63) is 69.5 Å². The number of para-hydroxylation sites is 1. The van der Waals surface area contributed by atoms with Gasteiger partial charge in [-0.25, -0.2) is 0 Å². The number of aromatic nitrogens is 1. The molecule has 0 atom stereocenters. The smallest absolute Gasteiger partial charge is 0.276 e. The van der Waals surface area contributed by atoms with Crippen molar-refractivity contribution >= 4 is 34.1 Å². The Labute approximate surface area is 130 Å². The lowest BCUT2D eigenvalue weighted by molar-refractivity contribution is 0.102. The largest absolute Gasteiger partial charge is 0.505 e. The lowest BCUT2D eigenvalue weighted by atomic mass is 10.1. The van der Waals surface area contributed by atoms with Crippen LogP contribution in [0.5, 0.6) is 5.75 Å². The molecule has 0 aliphatic heterocycles. The lowest BCUT2D eigenvalue weighted by Crippen LogP contribution is -2.20. The van der Waals surface area contributed by atoms with E-state index in [2.05, 4.69) is 10.3 Å². The first-order valence-electron chi connectivity index (χ1n) is 6.48. The van der Waals surface area contributed by atoms with E-state index in [-0.39, 0.29) is 22.0 Å². The zero-order chi connectivity index (χ0) is 15.7. The van der Waals surface area contributed by atoms with E-state index in [0.29, 0.717) is 10.9 Å². The van der Waals surface area contributed by atoms with Crippen LogP contribution < -0.4 is 10.9 Å². The number of amides is 1. The molecule has 0 bridgehead atoms. The van der Waals surface area contributed by atoms with Crippen LogP contribution in [0.1, 0.15) is 10.4 Å². The maximum absolute atomic E-state index is 12.2. The summed E-state index contributed by atoms with van der Waals surface area (Å²) >= 11 is 5.95. The first-order valence-corrected chi connectivity index (χ1v) is 6.85. The highest BCUT2D eigenvalue weighted by Gasteiger charge is 2.16. The number of anilines is 1. The molecule has 22 heavy (non-hydrogen) atoms. The Kier molecular flexibility index (Phi) is 3.56. The van der Waals surface area contributed by atoms with Crippen molar-refractivity contribution in [1.29, 1.82) is 0 Å². The number of fused-ring (bicyclic) bond motifs is 1. The van der Waals surface area contributed by atoms with Crippen molar-refractivity contribution in [2.24, 2.45) is 0 Å². The summed E-state index contributed by atoms with van der Waals surface area (Å²) in [5, 5.41) is 13.3. The van der Waals surface area contributed by atoms with Crippen molar-refractivity contribution in [1.82, 2.24) is 4.98 Å². The second kappa shape index (κ2) is 5.54. The number of halogens is 1. The summed E-state index contributed by atoms with van der Waals surface area (Å²) in [6, 6.07) is 13.2. The molecule has 6 heteroatoms. The summed E-state index contributed by atoms with van der Waals surface area (Å²) in [5.41, 5.74) is -0.0860. The van der Waals surface area contributed by atoms with Gasteiger partial charge in [-0.1, -0.05) is 35.9 Å². The van der Waals surface area contributed by atoms with E-state index in [4.69, 9.17) is 11.6 Å². The Morgan fingerprint density at radius 2 is 1.77 bits per heavy atom. The van der Waals surface area contributed by atoms with Crippen LogP contribution in [0.15, 0.2) is 53.3 Å². The molecule has 1 heterocycles. The molecule has 2 aromatic carbocycles. The quantitative estimate of drug-likeness (QED) is 0.679. The monoisotopic (exact) mass is 314 g/mol. The Morgan fingerprint density at radius 3 is 2.55 bits per heavy atom. The van der Waals surface area contributed by atoms with E-state index >= 15 is 0 Å². The molecular weight excluding hydrogens is 304 g/mol. The number of aromatic hydroxyl groups is 1. The zero-order valence-corrected chi connectivity index (χ0v) is 12.0. The van der Waals surface area contributed by atoms with E-state index in [9.17, 15) is 14.7 Å². The molecule has 0 aliphatic carbocycles. The van der Waals surface area contributed by atoms with Crippen LogP contribution in [-0.4, -0.2) is 16.0 Å². The molecule has 5 nitrogen and oxygen atoms in total. The second-order valence-electron chi connectivity index (χ2n) is 4.66. The molecule has 0 radical (unpaired) electrons. The highest BCUT2D eigenvalue weighted by Crippen LogP contribution is 2.28. The predicted molar refractivity (Wildman–Crippen MR) is 85.6 cm³/mol. The van der Waals surface area contributed by atoms with Crippen LogP contribution in [0, 0.1) is 0 Å². The van der Waals surface area contributed by atoms with Crippen LogP contribution in [0.4, 0.5) is 5.69 Å². The number of hydrogen-bond donors (Lipinski definition) is 3. The second-order valence-corrected chi connectivity index (χ2v) is 5.06. The summed E-state index contributed by atoms with van der Waals surface area (Å²) < 4.78 is 0. The maximum Gasteiger partial charge on any atom is 0.276 e. The molecule has 3 rings (SSSR count). The fourth-order valence-electron chi connectivity index (χ4n) is 2.17. The van der Waals surface area contributed by atoms with Gasteiger partial charge in [0.1, 0.15) is 0 Å².